The minimum absolute atomic E-state index is 0.0375. The molecular weight excluding hydrogens is 258 g/mol. The van der Waals surface area contributed by atoms with Crippen LogP contribution in [-0.2, 0) is 9.53 Å². The van der Waals surface area contributed by atoms with Crippen LogP contribution in [0.15, 0.2) is 24.3 Å². The van der Waals surface area contributed by atoms with Gasteiger partial charge in [-0.25, -0.2) is 4.79 Å². The minimum atomic E-state index is -0.494. The van der Waals surface area contributed by atoms with E-state index in [1.165, 1.54) is 0 Å². The van der Waals surface area contributed by atoms with Crippen molar-refractivity contribution in [2.24, 2.45) is 5.73 Å². The van der Waals surface area contributed by atoms with E-state index in [1.807, 2.05) is 0 Å². The summed E-state index contributed by atoms with van der Waals surface area (Å²) in [4.78, 5) is 22.8. The van der Waals surface area contributed by atoms with Crippen molar-refractivity contribution in [1.29, 1.82) is 0 Å². The summed E-state index contributed by atoms with van der Waals surface area (Å²) in [5, 5.41) is 5.36. The third-order valence-corrected chi connectivity index (χ3v) is 2.55. The Balaban J connectivity index is 2.42. The predicted molar refractivity (Wildman–Crippen MR) is 78.6 cm³/mol. The van der Waals surface area contributed by atoms with E-state index in [1.54, 1.807) is 31.2 Å². The fraction of sp³-hybridized carbons (Fsp3) is 0.429. The van der Waals surface area contributed by atoms with Gasteiger partial charge in [-0.2, -0.15) is 0 Å². The Morgan fingerprint density at radius 3 is 2.25 bits per heavy atom. The predicted octanol–water partition coefficient (Wildman–Crippen LogP) is 2.32. The van der Waals surface area contributed by atoms with Gasteiger partial charge >= 0.3 is 6.09 Å². The fourth-order valence-electron chi connectivity index (χ4n) is 1.58. The first-order chi connectivity index (χ1) is 9.65. The molecule has 0 aromatic heterocycles. The van der Waals surface area contributed by atoms with Crippen molar-refractivity contribution in [1.82, 2.24) is 0 Å². The summed E-state index contributed by atoms with van der Waals surface area (Å²) in [5.74, 6) is -0.0375. The van der Waals surface area contributed by atoms with Crippen molar-refractivity contribution in [3.05, 3.63) is 24.3 Å². The lowest BCUT2D eigenvalue weighted by Crippen LogP contribution is -2.14. The van der Waals surface area contributed by atoms with Gasteiger partial charge < -0.3 is 15.8 Å². The highest BCUT2D eigenvalue weighted by molar-refractivity contribution is 5.91. The molecular formula is C14H21N3O3. The number of amides is 2. The van der Waals surface area contributed by atoms with Crippen molar-refractivity contribution in [3.63, 3.8) is 0 Å². The van der Waals surface area contributed by atoms with E-state index in [-0.39, 0.29) is 5.91 Å². The van der Waals surface area contributed by atoms with Crippen LogP contribution < -0.4 is 16.4 Å². The molecule has 6 heteroatoms. The Morgan fingerprint density at radius 2 is 1.70 bits per heavy atom. The second-order valence-electron chi connectivity index (χ2n) is 4.22. The van der Waals surface area contributed by atoms with Crippen LogP contribution in [0.2, 0.25) is 0 Å². The molecule has 0 atom stereocenters. The average molecular weight is 279 g/mol. The number of rotatable bonds is 7. The number of nitrogens with two attached hydrogens (primary N) is 1. The lowest BCUT2D eigenvalue weighted by Gasteiger charge is -2.07. The summed E-state index contributed by atoms with van der Waals surface area (Å²) < 4.78 is 4.77. The normalized spacial score (nSPS) is 9.90. The number of carbonyl (C=O) groups is 2. The van der Waals surface area contributed by atoms with Gasteiger partial charge in [0.2, 0.25) is 5.91 Å². The second-order valence-corrected chi connectivity index (χ2v) is 4.22. The number of unbranched alkanes of at least 4 members (excludes halogenated alkanes) is 1. The van der Waals surface area contributed by atoms with Gasteiger partial charge in [-0.3, -0.25) is 10.1 Å². The molecule has 0 bridgehead atoms. The highest BCUT2D eigenvalue weighted by Gasteiger charge is 2.04. The number of benzene rings is 1. The summed E-state index contributed by atoms with van der Waals surface area (Å²) in [7, 11) is 0. The summed E-state index contributed by atoms with van der Waals surface area (Å²) in [6.45, 7) is 2.66. The zero-order valence-corrected chi connectivity index (χ0v) is 11.6. The Hall–Kier alpha value is -2.08. The molecule has 2 amide bonds. The smallest absolute Gasteiger partial charge is 0.411 e. The van der Waals surface area contributed by atoms with Gasteiger partial charge in [0.25, 0.3) is 0 Å². The molecule has 6 nitrogen and oxygen atoms in total. The topological polar surface area (TPSA) is 93.5 Å². The molecule has 20 heavy (non-hydrogen) atoms. The van der Waals surface area contributed by atoms with Crippen molar-refractivity contribution < 1.29 is 14.3 Å². The van der Waals surface area contributed by atoms with Crippen LogP contribution in [0.4, 0.5) is 16.2 Å². The average Bonchev–Trinajstić information content (AvgIpc) is 2.41. The van der Waals surface area contributed by atoms with Gasteiger partial charge in [-0.15, -0.1) is 0 Å². The van der Waals surface area contributed by atoms with E-state index in [0.717, 1.165) is 12.8 Å². The standard InChI is InChI=1S/C14H21N3O3/c1-2-20-14(19)17-12-8-6-11(7-9-12)16-13(18)5-3-4-10-15/h6-9H,2-5,10,15H2,1H3,(H,16,18)(H,17,19). The van der Waals surface area contributed by atoms with Crippen LogP contribution in [0.3, 0.4) is 0 Å². The monoisotopic (exact) mass is 279 g/mol. The van der Waals surface area contributed by atoms with Crippen LogP contribution in [-0.4, -0.2) is 25.2 Å². The Labute approximate surface area is 118 Å². The summed E-state index contributed by atoms with van der Waals surface area (Å²) in [6.07, 6.45) is 1.59. The number of carbonyl (C=O) groups excluding carboxylic acids is 2. The molecule has 0 saturated carbocycles. The van der Waals surface area contributed by atoms with E-state index < -0.39 is 6.09 Å². The lowest BCUT2D eigenvalue weighted by molar-refractivity contribution is -0.116. The molecule has 0 saturated heterocycles. The van der Waals surface area contributed by atoms with E-state index in [2.05, 4.69) is 10.6 Å². The fourth-order valence-corrected chi connectivity index (χ4v) is 1.58. The minimum Gasteiger partial charge on any atom is -0.450 e. The van der Waals surface area contributed by atoms with Crippen molar-refractivity contribution in [2.75, 3.05) is 23.8 Å². The third-order valence-electron chi connectivity index (χ3n) is 2.55. The van der Waals surface area contributed by atoms with Gasteiger partial charge in [-0.1, -0.05) is 0 Å². The zero-order chi connectivity index (χ0) is 14.8. The number of hydrogen-bond donors (Lipinski definition) is 3. The largest absolute Gasteiger partial charge is 0.450 e. The van der Waals surface area contributed by atoms with Gasteiger partial charge in [0.15, 0.2) is 0 Å². The Morgan fingerprint density at radius 1 is 1.10 bits per heavy atom. The Bertz CT molecular complexity index is 432. The molecule has 0 aliphatic heterocycles. The first-order valence-electron chi connectivity index (χ1n) is 6.69. The SMILES string of the molecule is CCOC(=O)Nc1ccc(NC(=O)CCCCN)cc1. The lowest BCUT2D eigenvalue weighted by atomic mass is 10.2. The first-order valence-corrected chi connectivity index (χ1v) is 6.69. The van der Waals surface area contributed by atoms with E-state index in [0.29, 0.717) is 30.9 Å². The number of nitrogens with one attached hydrogen (secondary N) is 2. The number of hydrogen-bond acceptors (Lipinski definition) is 4. The quantitative estimate of drug-likeness (QED) is 0.668. The van der Waals surface area contributed by atoms with Crippen LogP contribution >= 0.6 is 0 Å². The molecule has 0 radical (unpaired) electrons. The third kappa shape index (κ3) is 6.19. The molecule has 110 valence electrons. The maximum atomic E-state index is 11.6. The summed E-state index contributed by atoms with van der Waals surface area (Å²) in [5.41, 5.74) is 6.68. The molecule has 1 aromatic rings. The van der Waals surface area contributed by atoms with Crippen LogP contribution in [0.25, 0.3) is 0 Å². The molecule has 0 heterocycles. The molecule has 1 rings (SSSR count). The van der Waals surface area contributed by atoms with Gasteiger partial charge in [0.05, 0.1) is 6.61 Å². The number of anilines is 2. The maximum absolute atomic E-state index is 11.6. The summed E-state index contributed by atoms with van der Waals surface area (Å²) in [6, 6.07) is 6.85. The van der Waals surface area contributed by atoms with Crippen LogP contribution in [0.5, 0.6) is 0 Å². The highest BCUT2D eigenvalue weighted by Crippen LogP contribution is 2.14. The Kier molecular flexibility index (Phi) is 7.13. The molecule has 1 aromatic carbocycles. The van der Waals surface area contributed by atoms with Crippen molar-refractivity contribution in [3.8, 4) is 0 Å². The van der Waals surface area contributed by atoms with Gasteiger partial charge in [-0.05, 0) is 50.6 Å². The highest BCUT2D eigenvalue weighted by atomic mass is 16.5. The van der Waals surface area contributed by atoms with Crippen LogP contribution in [0, 0.1) is 0 Å². The van der Waals surface area contributed by atoms with Gasteiger partial charge in [0, 0.05) is 17.8 Å². The second kappa shape index (κ2) is 8.92. The molecule has 0 unspecified atom stereocenters. The first kappa shape index (κ1) is 16.0. The van der Waals surface area contributed by atoms with Gasteiger partial charge in [0.1, 0.15) is 0 Å². The molecule has 0 spiro atoms. The van der Waals surface area contributed by atoms with E-state index in [9.17, 15) is 9.59 Å². The molecule has 0 aliphatic rings. The zero-order valence-electron chi connectivity index (χ0n) is 11.6. The summed E-state index contributed by atoms with van der Waals surface area (Å²) >= 11 is 0. The molecule has 0 aliphatic carbocycles. The number of ether oxygens (including phenoxy) is 1. The van der Waals surface area contributed by atoms with Crippen molar-refractivity contribution >= 4 is 23.4 Å². The maximum Gasteiger partial charge on any atom is 0.411 e. The van der Waals surface area contributed by atoms with Crippen molar-refractivity contribution in [2.45, 2.75) is 26.2 Å². The molecule has 4 N–H and O–H groups in total. The van der Waals surface area contributed by atoms with E-state index >= 15 is 0 Å². The van der Waals surface area contributed by atoms with E-state index in [4.69, 9.17) is 10.5 Å². The molecule has 0 fully saturated rings. The van der Waals surface area contributed by atoms with Crippen LogP contribution in [0.1, 0.15) is 26.2 Å².